The van der Waals surface area contributed by atoms with E-state index in [-0.39, 0.29) is 24.4 Å². The van der Waals surface area contributed by atoms with Crippen molar-refractivity contribution in [3.05, 3.63) is 66.0 Å². The zero-order valence-corrected chi connectivity index (χ0v) is 16.6. The van der Waals surface area contributed by atoms with E-state index >= 15 is 0 Å². The molecule has 0 spiro atoms. The fourth-order valence-electron chi connectivity index (χ4n) is 2.53. The van der Waals surface area contributed by atoms with Crippen LogP contribution < -0.4 is 4.74 Å². The fourth-order valence-corrected chi connectivity index (χ4v) is 4.72. The van der Waals surface area contributed by atoms with Crippen molar-refractivity contribution in [2.24, 2.45) is 5.41 Å². The first-order chi connectivity index (χ1) is 13.3. The third kappa shape index (κ3) is 4.98. The van der Waals surface area contributed by atoms with Gasteiger partial charge in [-0.15, -0.1) is 0 Å². The van der Waals surface area contributed by atoms with Gasteiger partial charge in [0.2, 0.25) is 5.85 Å². The largest absolute Gasteiger partial charge is 0.479 e. The Balaban J connectivity index is 1.74. The molecule has 28 heavy (non-hydrogen) atoms. The Morgan fingerprint density at radius 3 is 2.36 bits per heavy atom. The van der Waals surface area contributed by atoms with Crippen LogP contribution in [-0.2, 0) is 23.1 Å². The van der Waals surface area contributed by atoms with Crippen LogP contribution in [0.15, 0.2) is 54.6 Å². The van der Waals surface area contributed by atoms with Crippen LogP contribution in [0.25, 0.3) is 0 Å². The molecule has 0 saturated carbocycles. The molecule has 1 fully saturated rings. The van der Waals surface area contributed by atoms with E-state index in [1.807, 2.05) is 13.8 Å². The maximum Gasteiger partial charge on any atom is 0.375 e. The van der Waals surface area contributed by atoms with Gasteiger partial charge in [-0.2, -0.15) is 0 Å². The van der Waals surface area contributed by atoms with Gasteiger partial charge < -0.3 is 18.5 Å². The summed E-state index contributed by atoms with van der Waals surface area (Å²) in [6.07, 6.45) is 0. The van der Waals surface area contributed by atoms with Crippen molar-refractivity contribution in [2.75, 3.05) is 19.8 Å². The van der Waals surface area contributed by atoms with Gasteiger partial charge in [-0.3, -0.25) is 4.57 Å². The van der Waals surface area contributed by atoms with Crippen LogP contribution in [0.3, 0.4) is 0 Å². The summed E-state index contributed by atoms with van der Waals surface area (Å²) in [5.41, 5.74) is 0.178. The monoisotopic (exact) mass is 408 g/mol. The van der Waals surface area contributed by atoms with Gasteiger partial charge in [0.25, 0.3) is 0 Å². The molecule has 1 aliphatic rings. The molecule has 1 saturated heterocycles. The Labute approximate surface area is 163 Å². The smallest absolute Gasteiger partial charge is 0.375 e. The van der Waals surface area contributed by atoms with Gasteiger partial charge in [-0.05, 0) is 12.1 Å². The molecule has 2 aromatic carbocycles. The number of hydrogen-bond acceptors (Lipinski definition) is 6. The van der Waals surface area contributed by atoms with E-state index in [2.05, 4.69) is 0 Å². The first kappa shape index (κ1) is 20.5. The first-order valence-electron chi connectivity index (χ1n) is 8.80. The van der Waals surface area contributed by atoms with Crippen LogP contribution >= 0.6 is 7.60 Å². The quantitative estimate of drug-likeness (QED) is 0.509. The Hall–Kier alpha value is -2.21. The highest BCUT2D eigenvalue weighted by Crippen LogP contribution is 2.64. The minimum absolute atomic E-state index is 0.0748. The zero-order chi connectivity index (χ0) is 20.2. The third-order valence-electron chi connectivity index (χ3n) is 4.07. The van der Waals surface area contributed by atoms with Gasteiger partial charge in [0, 0.05) is 11.0 Å². The first-order valence-corrected chi connectivity index (χ1v) is 10.4. The van der Waals surface area contributed by atoms with Crippen LogP contribution in [-0.4, -0.2) is 25.8 Å². The average Bonchev–Trinajstić information content (AvgIpc) is 2.69. The van der Waals surface area contributed by atoms with Gasteiger partial charge >= 0.3 is 13.6 Å². The van der Waals surface area contributed by atoms with E-state index in [0.717, 1.165) is 0 Å². The van der Waals surface area contributed by atoms with E-state index in [9.17, 15) is 13.8 Å². The summed E-state index contributed by atoms with van der Waals surface area (Å²) in [5.74, 6) is -2.72. The molecule has 0 aromatic heterocycles. The lowest BCUT2D eigenvalue weighted by atomic mass is 9.97. The van der Waals surface area contributed by atoms with Crippen molar-refractivity contribution >= 4 is 13.6 Å². The molecule has 1 aliphatic heterocycles. The summed E-state index contributed by atoms with van der Waals surface area (Å²) in [6, 6.07) is 14.3. The van der Waals surface area contributed by atoms with Crippen LogP contribution in [0.5, 0.6) is 5.75 Å². The number of hydrogen-bond donors (Lipinski definition) is 0. The molecular weight excluding hydrogens is 386 g/mol. The predicted octanol–water partition coefficient (Wildman–Crippen LogP) is 4.71. The molecule has 1 heterocycles. The summed E-state index contributed by atoms with van der Waals surface area (Å²) in [7, 11) is -3.76. The lowest BCUT2D eigenvalue weighted by Gasteiger charge is -2.36. The maximum absolute atomic E-state index is 13.6. The minimum atomic E-state index is -3.76. The van der Waals surface area contributed by atoms with Gasteiger partial charge in [0.15, 0.2) is 18.2 Å². The molecule has 0 aliphatic carbocycles. The van der Waals surface area contributed by atoms with E-state index in [4.69, 9.17) is 18.5 Å². The SMILES string of the molecule is CC1(C)COP(=O)(C(OC(=O)COc2ccccc2F)c2ccccc2)OC1. The molecule has 3 rings (SSSR count). The van der Waals surface area contributed by atoms with Crippen molar-refractivity contribution in [2.45, 2.75) is 19.7 Å². The summed E-state index contributed by atoms with van der Waals surface area (Å²) >= 11 is 0. The molecule has 0 N–H and O–H groups in total. The molecule has 6 nitrogen and oxygen atoms in total. The number of rotatable bonds is 6. The number of carbonyl (C=O) groups is 1. The minimum Gasteiger partial charge on any atom is -0.479 e. The third-order valence-corrected chi connectivity index (χ3v) is 6.02. The van der Waals surface area contributed by atoms with Gasteiger partial charge in [0.1, 0.15) is 0 Å². The summed E-state index contributed by atoms with van der Waals surface area (Å²) in [5, 5.41) is 0. The van der Waals surface area contributed by atoms with E-state index < -0.39 is 31.8 Å². The van der Waals surface area contributed by atoms with E-state index in [0.29, 0.717) is 5.56 Å². The lowest BCUT2D eigenvalue weighted by molar-refractivity contribution is -0.149. The number of ether oxygens (including phenoxy) is 2. The Morgan fingerprint density at radius 2 is 1.71 bits per heavy atom. The Bertz CT molecular complexity index is 856. The molecule has 8 heteroatoms. The number of carbonyl (C=O) groups excluding carboxylic acids is 1. The number of benzene rings is 2. The molecule has 2 aromatic rings. The van der Waals surface area contributed by atoms with Crippen molar-refractivity contribution in [3.8, 4) is 5.75 Å². The van der Waals surface area contributed by atoms with E-state index in [1.165, 1.54) is 18.2 Å². The fraction of sp³-hybridized carbons (Fsp3) is 0.350. The second-order valence-corrected chi connectivity index (χ2v) is 9.29. The highest BCUT2D eigenvalue weighted by molar-refractivity contribution is 7.54. The Morgan fingerprint density at radius 1 is 1.11 bits per heavy atom. The molecule has 1 unspecified atom stereocenters. The molecule has 1 atom stereocenters. The van der Waals surface area contributed by atoms with Crippen molar-refractivity contribution in [3.63, 3.8) is 0 Å². The van der Waals surface area contributed by atoms with Crippen LogP contribution in [0.1, 0.15) is 25.3 Å². The van der Waals surface area contributed by atoms with Crippen LogP contribution in [0.2, 0.25) is 0 Å². The Kier molecular flexibility index (Phi) is 6.18. The molecule has 0 amide bonds. The molecule has 150 valence electrons. The number of halogens is 1. The number of esters is 1. The second kappa shape index (κ2) is 8.43. The van der Waals surface area contributed by atoms with E-state index in [1.54, 1.807) is 36.4 Å². The van der Waals surface area contributed by atoms with Crippen molar-refractivity contribution in [1.82, 2.24) is 0 Å². The highest BCUT2D eigenvalue weighted by atomic mass is 31.2. The predicted molar refractivity (Wildman–Crippen MR) is 100 cm³/mol. The van der Waals surface area contributed by atoms with Crippen LogP contribution in [0, 0.1) is 11.2 Å². The van der Waals surface area contributed by atoms with Gasteiger partial charge in [-0.25, -0.2) is 9.18 Å². The molecular formula is C20H22FO6P. The summed E-state index contributed by atoms with van der Waals surface area (Å²) in [6.45, 7) is 3.70. The maximum atomic E-state index is 13.6. The van der Waals surface area contributed by atoms with Crippen molar-refractivity contribution in [1.29, 1.82) is 0 Å². The standard InChI is InChI=1S/C20H22FO6P/c1-20(2)13-25-28(23,26-14-20)19(15-8-4-3-5-9-15)27-18(22)12-24-17-11-7-6-10-16(17)21/h3-11,19H,12-14H2,1-2H3. The molecule has 0 bridgehead atoms. The topological polar surface area (TPSA) is 71.1 Å². The zero-order valence-electron chi connectivity index (χ0n) is 15.7. The number of para-hydroxylation sites is 1. The molecule has 0 radical (unpaired) electrons. The van der Waals surface area contributed by atoms with Crippen LogP contribution in [0.4, 0.5) is 4.39 Å². The highest BCUT2D eigenvalue weighted by Gasteiger charge is 2.46. The van der Waals surface area contributed by atoms with Gasteiger partial charge in [0.05, 0.1) is 13.2 Å². The normalized spacial score (nSPS) is 18.8. The lowest BCUT2D eigenvalue weighted by Crippen LogP contribution is -2.31. The average molecular weight is 408 g/mol. The van der Waals surface area contributed by atoms with Gasteiger partial charge in [-0.1, -0.05) is 56.3 Å². The summed E-state index contributed by atoms with van der Waals surface area (Å²) in [4.78, 5) is 12.3. The summed E-state index contributed by atoms with van der Waals surface area (Å²) < 4.78 is 48.5. The van der Waals surface area contributed by atoms with Crippen molar-refractivity contribution < 1.29 is 32.3 Å². The second-order valence-electron chi connectivity index (χ2n) is 7.22.